The second-order valence-corrected chi connectivity index (χ2v) is 6.32. The third kappa shape index (κ3) is 2.96. The number of hydrogen-bond donors (Lipinski definition) is 2. The molecule has 0 atom stereocenters. The zero-order chi connectivity index (χ0) is 14.0. The summed E-state index contributed by atoms with van der Waals surface area (Å²) in [6.45, 7) is 1.79. The van der Waals surface area contributed by atoms with E-state index in [4.69, 9.17) is 10.5 Å². The normalized spacial score (nSPS) is 11.3. The Morgan fingerprint density at radius 2 is 2.16 bits per heavy atom. The molecule has 8 heteroatoms. The van der Waals surface area contributed by atoms with Crippen LogP contribution in [0.3, 0.4) is 0 Å². The second-order valence-electron chi connectivity index (χ2n) is 3.81. The third-order valence-electron chi connectivity index (χ3n) is 2.32. The molecule has 0 unspecified atom stereocenters. The number of nitrogens with one attached hydrogen (secondary N) is 1. The number of ether oxygens (including phenoxy) is 1. The Balaban J connectivity index is 2.41. The van der Waals surface area contributed by atoms with Crippen molar-refractivity contribution in [2.24, 2.45) is 0 Å². The number of nitrogens with zero attached hydrogens (tertiary/aromatic N) is 1. The Bertz CT molecular complexity index is 695. The van der Waals surface area contributed by atoms with Gasteiger partial charge in [-0.25, -0.2) is 13.4 Å². The maximum atomic E-state index is 12.3. The minimum Gasteiger partial charge on any atom is -0.495 e. The first-order valence-electron chi connectivity index (χ1n) is 5.31. The van der Waals surface area contributed by atoms with Crippen molar-refractivity contribution in [1.82, 2.24) is 4.98 Å². The Morgan fingerprint density at radius 1 is 1.42 bits per heavy atom. The lowest BCUT2D eigenvalue weighted by Gasteiger charge is -2.10. The van der Waals surface area contributed by atoms with Crippen LogP contribution in [-0.4, -0.2) is 20.5 Å². The van der Waals surface area contributed by atoms with Gasteiger partial charge in [-0.15, -0.1) is 11.3 Å². The molecule has 6 nitrogen and oxygen atoms in total. The topological polar surface area (TPSA) is 94.3 Å². The molecule has 19 heavy (non-hydrogen) atoms. The van der Waals surface area contributed by atoms with E-state index in [9.17, 15) is 8.42 Å². The number of anilines is 2. The molecule has 0 saturated carbocycles. The molecule has 0 radical (unpaired) electrons. The molecule has 0 amide bonds. The van der Waals surface area contributed by atoms with Gasteiger partial charge in [0, 0.05) is 11.1 Å². The summed E-state index contributed by atoms with van der Waals surface area (Å²) >= 11 is 1.22. The van der Waals surface area contributed by atoms with Gasteiger partial charge in [-0.1, -0.05) is 0 Å². The fraction of sp³-hybridized carbons (Fsp3) is 0.182. The predicted molar refractivity (Wildman–Crippen MR) is 75.1 cm³/mol. The molecule has 0 bridgehead atoms. The van der Waals surface area contributed by atoms with Gasteiger partial charge in [0.2, 0.25) is 0 Å². The van der Waals surface area contributed by atoms with Crippen LogP contribution in [0, 0.1) is 6.92 Å². The smallest absolute Gasteiger partial charge is 0.267 e. The summed E-state index contributed by atoms with van der Waals surface area (Å²) in [6.07, 6.45) is 0. The van der Waals surface area contributed by atoms with Gasteiger partial charge in [0.05, 0.1) is 12.8 Å². The first-order chi connectivity index (χ1) is 8.92. The van der Waals surface area contributed by atoms with Gasteiger partial charge in [-0.05, 0) is 25.1 Å². The summed E-state index contributed by atoms with van der Waals surface area (Å²) in [5.74, 6) is 0.231. The van der Waals surface area contributed by atoms with Crippen LogP contribution in [0.15, 0.2) is 28.5 Å². The molecule has 0 aliphatic rings. The number of sulfonamides is 1. The third-order valence-corrected chi connectivity index (χ3v) is 4.68. The Morgan fingerprint density at radius 3 is 2.74 bits per heavy atom. The number of methoxy groups -OCH3 is 1. The van der Waals surface area contributed by atoms with Gasteiger partial charge < -0.3 is 10.5 Å². The minimum absolute atomic E-state index is 0.0112. The monoisotopic (exact) mass is 299 g/mol. The van der Waals surface area contributed by atoms with Gasteiger partial charge >= 0.3 is 0 Å². The van der Waals surface area contributed by atoms with E-state index < -0.39 is 10.0 Å². The van der Waals surface area contributed by atoms with Crippen molar-refractivity contribution >= 4 is 32.2 Å². The molecule has 2 aromatic rings. The molecule has 1 aromatic heterocycles. The lowest BCUT2D eigenvalue weighted by Crippen LogP contribution is -2.14. The summed E-state index contributed by atoms with van der Waals surface area (Å²) < 4.78 is 32.0. The highest BCUT2D eigenvalue weighted by Gasteiger charge is 2.21. The molecule has 1 aromatic carbocycles. The van der Waals surface area contributed by atoms with Crippen LogP contribution in [0.1, 0.15) is 5.69 Å². The standard InChI is InChI=1S/C11H13N3O3S2/c1-7-6-18-11(13-7)14-19(15,16)10-5-8(12)3-4-9(10)17-2/h3-6H,12H2,1-2H3,(H,13,14). The fourth-order valence-electron chi connectivity index (χ4n) is 1.47. The van der Waals surface area contributed by atoms with Crippen LogP contribution in [0.2, 0.25) is 0 Å². The van der Waals surface area contributed by atoms with E-state index in [1.54, 1.807) is 18.4 Å². The largest absolute Gasteiger partial charge is 0.495 e. The highest BCUT2D eigenvalue weighted by molar-refractivity contribution is 7.93. The van der Waals surface area contributed by atoms with Crippen molar-refractivity contribution in [3.63, 3.8) is 0 Å². The highest BCUT2D eigenvalue weighted by Crippen LogP contribution is 2.28. The molecule has 0 aliphatic heterocycles. The number of thiazole rings is 1. The van der Waals surface area contributed by atoms with Crippen molar-refractivity contribution < 1.29 is 13.2 Å². The predicted octanol–water partition coefficient (Wildman–Crippen LogP) is 1.84. The quantitative estimate of drug-likeness (QED) is 0.840. The number of rotatable bonds is 4. The number of nitrogen functional groups attached to an aromatic ring is 1. The van der Waals surface area contributed by atoms with Crippen LogP contribution in [-0.2, 0) is 10.0 Å². The van der Waals surface area contributed by atoms with Crippen LogP contribution < -0.4 is 15.2 Å². The van der Waals surface area contributed by atoms with Crippen molar-refractivity contribution in [3.05, 3.63) is 29.3 Å². The maximum absolute atomic E-state index is 12.3. The van der Waals surface area contributed by atoms with Gasteiger partial charge in [-0.3, -0.25) is 4.72 Å². The van der Waals surface area contributed by atoms with Gasteiger partial charge in [0.25, 0.3) is 10.0 Å². The SMILES string of the molecule is COc1ccc(N)cc1S(=O)(=O)Nc1nc(C)cs1. The van der Waals surface area contributed by atoms with E-state index >= 15 is 0 Å². The van der Waals surface area contributed by atoms with Crippen LogP contribution in [0.5, 0.6) is 5.75 Å². The van der Waals surface area contributed by atoms with E-state index in [2.05, 4.69) is 9.71 Å². The van der Waals surface area contributed by atoms with Crippen molar-refractivity contribution in [3.8, 4) is 5.75 Å². The van der Waals surface area contributed by atoms with Crippen molar-refractivity contribution in [1.29, 1.82) is 0 Å². The number of benzene rings is 1. The van der Waals surface area contributed by atoms with Gasteiger partial charge in [-0.2, -0.15) is 0 Å². The lowest BCUT2D eigenvalue weighted by molar-refractivity contribution is 0.403. The van der Waals surface area contributed by atoms with Crippen LogP contribution in [0.4, 0.5) is 10.8 Å². The summed E-state index contributed by atoms with van der Waals surface area (Å²) in [7, 11) is -2.37. The first-order valence-corrected chi connectivity index (χ1v) is 7.67. The molecular formula is C11H13N3O3S2. The summed E-state index contributed by atoms with van der Waals surface area (Å²) in [5.41, 5.74) is 6.71. The summed E-state index contributed by atoms with van der Waals surface area (Å²) in [6, 6.07) is 4.43. The zero-order valence-electron chi connectivity index (χ0n) is 10.4. The molecule has 0 saturated heterocycles. The minimum atomic E-state index is -3.77. The van der Waals surface area contributed by atoms with Gasteiger partial charge in [0.1, 0.15) is 10.6 Å². The molecule has 0 spiro atoms. The molecule has 0 aliphatic carbocycles. The average molecular weight is 299 g/mol. The molecule has 3 N–H and O–H groups in total. The van der Waals surface area contributed by atoms with E-state index in [0.717, 1.165) is 5.69 Å². The number of nitrogens with two attached hydrogens (primary N) is 1. The lowest BCUT2D eigenvalue weighted by atomic mass is 10.3. The Hall–Kier alpha value is -1.80. The van der Waals surface area contributed by atoms with E-state index in [0.29, 0.717) is 10.8 Å². The summed E-state index contributed by atoms with van der Waals surface area (Å²) in [4.78, 5) is 4.04. The van der Waals surface area contributed by atoms with Gasteiger partial charge in [0.15, 0.2) is 5.13 Å². The summed E-state index contributed by atoms with van der Waals surface area (Å²) in [5, 5.41) is 2.07. The molecule has 102 valence electrons. The molecular weight excluding hydrogens is 286 g/mol. The Kier molecular flexibility index (Phi) is 3.63. The molecule has 1 heterocycles. The average Bonchev–Trinajstić information content (AvgIpc) is 2.74. The van der Waals surface area contributed by atoms with E-state index in [1.165, 1.54) is 30.6 Å². The van der Waals surface area contributed by atoms with Crippen molar-refractivity contribution in [2.45, 2.75) is 11.8 Å². The number of aromatic nitrogens is 1. The number of hydrogen-bond acceptors (Lipinski definition) is 6. The van der Waals surface area contributed by atoms with E-state index in [-0.39, 0.29) is 10.6 Å². The molecule has 2 rings (SSSR count). The highest BCUT2D eigenvalue weighted by atomic mass is 32.2. The van der Waals surface area contributed by atoms with Crippen LogP contribution >= 0.6 is 11.3 Å². The fourth-order valence-corrected chi connectivity index (χ4v) is 3.62. The second kappa shape index (κ2) is 5.06. The molecule has 0 fully saturated rings. The zero-order valence-corrected chi connectivity index (χ0v) is 12.0. The van der Waals surface area contributed by atoms with Crippen molar-refractivity contribution in [2.75, 3.05) is 17.6 Å². The maximum Gasteiger partial charge on any atom is 0.267 e. The van der Waals surface area contributed by atoms with E-state index in [1.807, 2.05) is 0 Å². The number of aryl methyl sites for hydroxylation is 1. The first kappa shape index (κ1) is 13.6. The Labute approximate surface area is 115 Å². The van der Waals surface area contributed by atoms with Crippen LogP contribution in [0.25, 0.3) is 0 Å².